The summed E-state index contributed by atoms with van der Waals surface area (Å²) in [5, 5.41) is 0. The van der Waals surface area contributed by atoms with Gasteiger partial charge in [-0.2, -0.15) is 17.6 Å². The first-order valence-corrected chi connectivity index (χ1v) is 12.4. The van der Waals surface area contributed by atoms with Crippen molar-refractivity contribution in [3.05, 3.63) is 87.7 Å². The number of esters is 1. The lowest BCUT2D eigenvalue weighted by Crippen LogP contribution is -2.41. The molecule has 0 saturated carbocycles. The first kappa shape index (κ1) is 27.7. The van der Waals surface area contributed by atoms with Crippen LogP contribution in [0.15, 0.2) is 42.5 Å². The average Bonchev–Trinajstić information content (AvgIpc) is 2.86. The van der Waals surface area contributed by atoms with E-state index in [1.54, 1.807) is 6.92 Å². The molecule has 0 unspecified atom stereocenters. The number of ether oxygens (including phenoxy) is 1. The van der Waals surface area contributed by atoms with E-state index in [2.05, 4.69) is 0 Å². The maximum Gasteiger partial charge on any atom is 0.343 e. The van der Waals surface area contributed by atoms with Crippen LogP contribution in [-0.4, -0.2) is 5.97 Å². The number of halogens is 7. The van der Waals surface area contributed by atoms with Gasteiger partial charge in [-0.25, -0.2) is 18.0 Å². The number of rotatable bonds is 8. The highest BCUT2D eigenvalue weighted by atomic mass is 19.3. The van der Waals surface area contributed by atoms with Gasteiger partial charge >= 0.3 is 17.8 Å². The summed E-state index contributed by atoms with van der Waals surface area (Å²) in [6, 6.07) is 7.46. The lowest BCUT2D eigenvalue weighted by Gasteiger charge is -2.35. The Bertz CT molecular complexity index is 1380. The van der Waals surface area contributed by atoms with Crippen LogP contribution in [-0.2, 0) is 24.7 Å². The Morgan fingerprint density at radius 2 is 1.34 bits per heavy atom. The quantitative estimate of drug-likeness (QED) is 0.124. The summed E-state index contributed by atoms with van der Waals surface area (Å²) in [5.74, 6) is -16.6. The Morgan fingerprint density at radius 3 is 1.95 bits per heavy atom. The van der Waals surface area contributed by atoms with Crippen molar-refractivity contribution in [3.63, 3.8) is 0 Å². The number of alkyl halides is 4. The van der Waals surface area contributed by atoms with Gasteiger partial charge in [0.05, 0.1) is 16.7 Å². The summed E-state index contributed by atoms with van der Waals surface area (Å²) < 4.78 is 110. The minimum Gasteiger partial charge on any atom is -0.420 e. The van der Waals surface area contributed by atoms with Crippen LogP contribution in [0.1, 0.15) is 72.1 Å². The van der Waals surface area contributed by atoms with Crippen molar-refractivity contribution in [2.24, 2.45) is 0 Å². The molecular weight excluding hydrogens is 513 g/mol. The Hall–Kier alpha value is -3.36. The second-order valence-electron chi connectivity index (χ2n) is 9.31. The summed E-state index contributed by atoms with van der Waals surface area (Å²) in [6.07, 6.45) is 3.45. The summed E-state index contributed by atoms with van der Waals surface area (Å²) >= 11 is 0. The first-order valence-electron chi connectivity index (χ1n) is 12.4. The number of hydrogen-bond donors (Lipinski definition) is 0. The van der Waals surface area contributed by atoms with E-state index in [0.717, 1.165) is 43.5 Å². The first-order chi connectivity index (χ1) is 17.9. The molecule has 2 nitrogen and oxygen atoms in total. The van der Waals surface area contributed by atoms with Crippen molar-refractivity contribution in [1.82, 2.24) is 0 Å². The number of aryl methyl sites for hydroxylation is 2. The van der Waals surface area contributed by atoms with Crippen LogP contribution in [0.3, 0.4) is 0 Å². The standard InChI is InChI=1S/C29H25F7O2/c1-3-5-6-8-16-9-10-18(15-21(16)30)27(37)38-22-14-13-20-19-12-11-17(7-4-2)25(31)23(19)28(33,34)29(35,36)24(20)26(22)32/h9-15H,3-8H2,1-2H3. The molecule has 0 heterocycles. The van der Waals surface area contributed by atoms with Crippen LogP contribution in [0.2, 0.25) is 0 Å². The van der Waals surface area contributed by atoms with Gasteiger partial charge in [0.15, 0.2) is 11.6 Å². The minimum atomic E-state index is -5.15. The highest BCUT2D eigenvalue weighted by Crippen LogP contribution is 2.60. The zero-order valence-electron chi connectivity index (χ0n) is 20.7. The normalized spacial score (nSPS) is 15.1. The fourth-order valence-electron chi connectivity index (χ4n) is 4.70. The maximum atomic E-state index is 15.3. The lowest BCUT2D eigenvalue weighted by atomic mass is 9.79. The number of hydrogen-bond acceptors (Lipinski definition) is 2. The summed E-state index contributed by atoms with van der Waals surface area (Å²) in [4.78, 5) is 12.5. The fourth-order valence-corrected chi connectivity index (χ4v) is 4.70. The molecule has 0 bridgehead atoms. The highest BCUT2D eigenvalue weighted by molar-refractivity contribution is 5.91. The number of fused-ring (bicyclic) bond motifs is 3. The van der Waals surface area contributed by atoms with Crippen molar-refractivity contribution in [2.75, 3.05) is 0 Å². The van der Waals surface area contributed by atoms with Gasteiger partial charge in [0.25, 0.3) is 0 Å². The molecule has 38 heavy (non-hydrogen) atoms. The van der Waals surface area contributed by atoms with Crippen LogP contribution in [0.5, 0.6) is 5.75 Å². The molecule has 0 aromatic heterocycles. The van der Waals surface area contributed by atoms with Crippen LogP contribution in [0, 0.1) is 17.5 Å². The van der Waals surface area contributed by atoms with E-state index in [1.807, 2.05) is 6.92 Å². The van der Waals surface area contributed by atoms with Crippen molar-refractivity contribution in [2.45, 2.75) is 64.2 Å². The van der Waals surface area contributed by atoms with Gasteiger partial charge in [-0.15, -0.1) is 0 Å². The van der Waals surface area contributed by atoms with Crippen molar-refractivity contribution in [1.29, 1.82) is 0 Å². The lowest BCUT2D eigenvalue weighted by molar-refractivity contribution is -0.227. The van der Waals surface area contributed by atoms with E-state index in [1.165, 1.54) is 18.2 Å². The van der Waals surface area contributed by atoms with E-state index in [-0.39, 0.29) is 17.5 Å². The van der Waals surface area contributed by atoms with Crippen LogP contribution in [0.25, 0.3) is 11.1 Å². The second-order valence-corrected chi connectivity index (χ2v) is 9.31. The zero-order chi connectivity index (χ0) is 27.8. The predicted molar refractivity (Wildman–Crippen MR) is 128 cm³/mol. The number of unbranched alkanes of at least 4 members (excludes halogenated alkanes) is 2. The van der Waals surface area contributed by atoms with E-state index >= 15 is 22.0 Å². The molecule has 4 rings (SSSR count). The van der Waals surface area contributed by atoms with Gasteiger partial charge < -0.3 is 4.74 Å². The number of carbonyl (C=O) groups excluding carboxylic acids is 1. The molecule has 0 fully saturated rings. The Balaban J connectivity index is 1.72. The smallest absolute Gasteiger partial charge is 0.343 e. The molecular formula is C29H25F7O2. The van der Waals surface area contributed by atoms with Gasteiger partial charge in [0.1, 0.15) is 11.6 Å². The second kappa shape index (κ2) is 10.4. The third kappa shape index (κ3) is 4.56. The fraction of sp³-hybridized carbons (Fsp3) is 0.345. The number of benzene rings is 3. The molecule has 0 N–H and O–H groups in total. The minimum absolute atomic E-state index is 0.0528. The molecule has 0 aliphatic heterocycles. The van der Waals surface area contributed by atoms with Crippen LogP contribution in [0.4, 0.5) is 30.7 Å². The Kier molecular flexibility index (Phi) is 7.59. The van der Waals surface area contributed by atoms with Gasteiger partial charge in [-0.1, -0.05) is 51.3 Å². The maximum absolute atomic E-state index is 15.3. The molecule has 1 aliphatic rings. The largest absolute Gasteiger partial charge is 0.420 e. The molecule has 9 heteroatoms. The van der Waals surface area contributed by atoms with Gasteiger partial charge in [0, 0.05) is 0 Å². The molecule has 3 aromatic carbocycles. The average molecular weight is 539 g/mol. The molecule has 1 aliphatic carbocycles. The Morgan fingerprint density at radius 1 is 0.737 bits per heavy atom. The molecule has 202 valence electrons. The van der Waals surface area contributed by atoms with Crippen LogP contribution < -0.4 is 4.74 Å². The molecule has 0 saturated heterocycles. The van der Waals surface area contributed by atoms with E-state index in [0.29, 0.717) is 18.4 Å². The van der Waals surface area contributed by atoms with Gasteiger partial charge in [-0.05, 0) is 65.8 Å². The molecule has 0 amide bonds. The highest BCUT2D eigenvalue weighted by Gasteiger charge is 2.65. The number of carbonyl (C=O) groups is 1. The topological polar surface area (TPSA) is 26.3 Å². The van der Waals surface area contributed by atoms with Crippen molar-refractivity contribution >= 4 is 5.97 Å². The molecule has 0 spiro atoms. The zero-order valence-corrected chi connectivity index (χ0v) is 20.7. The van der Waals surface area contributed by atoms with E-state index in [9.17, 15) is 13.6 Å². The molecule has 0 radical (unpaired) electrons. The predicted octanol–water partition coefficient (Wildman–Crippen LogP) is 8.87. The summed E-state index contributed by atoms with van der Waals surface area (Å²) in [6.45, 7) is 3.67. The monoisotopic (exact) mass is 538 g/mol. The van der Waals surface area contributed by atoms with E-state index < -0.39 is 63.3 Å². The SMILES string of the molecule is CCCCCc1ccc(C(=O)Oc2ccc3c(c2F)C(F)(F)C(F)(F)c2c-3ccc(CCC)c2F)cc1F. The summed E-state index contributed by atoms with van der Waals surface area (Å²) in [7, 11) is 0. The molecule has 3 aromatic rings. The van der Waals surface area contributed by atoms with Crippen molar-refractivity contribution < 1.29 is 40.3 Å². The third-order valence-electron chi connectivity index (χ3n) is 6.70. The summed E-state index contributed by atoms with van der Waals surface area (Å²) in [5.41, 5.74) is -4.53. The Labute approximate surface area is 215 Å². The van der Waals surface area contributed by atoms with Gasteiger partial charge in [-0.3, -0.25) is 0 Å². The van der Waals surface area contributed by atoms with Crippen molar-refractivity contribution in [3.8, 4) is 16.9 Å². The molecule has 0 atom stereocenters. The third-order valence-corrected chi connectivity index (χ3v) is 6.70. The van der Waals surface area contributed by atoms with Gasteiger partial charge in [0.2, 0.25) is 0 Å². The van der Waals surface area contributed by atoms with E-state index in [4.69, 9.17) is 4.74 Å². The van der Waals surface area contributed by atoms with Crippen LogP contribution >= 0.6 is 0 Å².